The van der Waals surface area contributed by atoms with Crippen LogP contribution in [0.15, 0.2) is 16.7 Å². The molecule has 0 atom stereocenters. The second-order valence-corrected chi connectivity index (χ2v) is 4.55. The van der Waals surface area contributed by atoms with Gasteiger partial charge in [-0.3, -0.25) is 0 Å². The van der Waals surface area contributed by atoms with Crippen LogP contribution in [0.2, 0.25) is 0 Å². The van der Waals surface area contributed by atoms with Crippen LogP contribution in [0.25, 0.3) is 11.2 Å². The van der Waals surface area contributed by atoms with Gasteiger partial charge in [-0.15, -0.1) is 11.6 Å². The molecule has 3 aromatic heterocycles. The van der Waals surface area contributed by atoms with Crippen molar-refractivity contribution in [2.45, 2.75) is 26.3 Å². The Morgan fingerprint density at radius 2 is 2.05 bits per heavy atom. The van der Waals surface area contributed by atoms with E-state index >= 15 is 0 Å². The summed E-state index contributed by atoms with van der Waals surface area (Å²) in [5.74, 6) is 2.18. The van der Waals surface area contributed by atoms with Crippen molar-refractivity contribution < 1.29 is 4.52 Å². The van der Waals surface area contributed by atoms with Gasteiger partial charge in [-0.05, 0) is 26.0 Å². The van der Waals surface area contributed by atoms with Crippen LogP contribution >= 0.6 is 11.6 Å². The van der Waals surface area contributed by atoms with E-state index in [0.29, 0.717) is 24.1 Å². The van der Waals surface area contributed by atoms with Gasteiger partial charge >= 0.3 is 0 Å². The smallest absolute Gasteiger partial charge is 0.246 e. The van der Waals surface area contributed by atoms with Crippen LogP contribution in [-0.4, -0.2) is 24.7 Å². The number of pyridine rings is 1. The molecule has 98 valence electrons. The van der Waals surface area contributed by atoms with Crippen molar-refractivity contribution in [2.24, 2.45) is 0 Å². The SMILES string of the molecule is Cc1ccc2nc(CCl)n(Cc3nc(C)no3)c2n1. The third-order valence-corrected chi connectivity index (χ3v) is 3.03. The molecule has 0 saturated carbocycles. The summed E-state index contributed by atoms with van der Waals surface area (Å²) >= 11 is 5.94. The summed E-state index contributed by atoms with van der Waals surface area (Å²) in [6.45, 7) is 4.15. The van der Waals surface area contributed by atoms with Crippen molar-refractivity contribution in [3.63, 3.8) is 0 Å². The minimum atomic E-state index is 0.308. The van der Waals surface area contributed by atoms with E-state index in [4.69, 9.17) is 16.1 Å². The lowest BCUT2D eigenvalue weighted by molar-refractivity contribution is 0.367. The zero-order valence-electron chi connectivity index (χ0n) is 10.6. The van der Waals surface area contributed by atoms with Gasteiger partial charge in [0.25, 0.3) is 0 Å². The Morgan fingerprint density at radius 3 is 2.74 bits per heavy atom. The normalized spacial score (nSPS) is 11.3. The van der Waals surface area contributed by atoms with Crippen LogP contribution in [0.1, 0.15) is 23.2 Å². The van der Waals surface area contributed by atoms with Gasteiger partial charge < -0.3 is 9.09 Å². The average molecular weight is 278 g/mol. The van der Waals surface area contributed by atoms with E-state index in [9.17, 15) is 0 Å². The third kappa shape index (κ3) is 2.19. The lowest BCUT2D eigenvalue weighted by Gasteiger charge is -2.03. The summed E-state index contributed by atoms with van der Waals surface area (Å²) in [4.78, 5) is 13.1. The molecule has 0 radical (unpaired) electrons. The van der Waals surface area contributed by atoms with Gasteiger partial charge in [-0.25, -0.2) is 9.97 Å². The molecule has 0 aliphatic heterocycles. The third-order valence-electron chi connectivity index (χ3n) is 2.79. The number of imidazole rings is 1. The van der Waals surface area contributed by atoms with Gasteiger partial charge in [-0.2, -0.15) is 4.98 Å². The van der Waals surface area contributed by atoms with Crippen LogP contribution in [0, 0.1) is 13.8 Å². The molecule has 7 heteroatoms. The fourth-order valence-electron chi connectivity index (χ4n) is 1.95. The molecule has 0 saturated heterocycles. The van der Waals surface area contributed by atoms with Crippen LogP contribution in [-0.2, 0) is 12.4 Å². The first-order valence-corrected chi connectivity index (χ1v) is 6.38. The largest absolute Gasteiger partial charge is 0.337 e. The number of fused-ring (bicyclic) bond motifs is 1. The molecule has 0 N–H and O–H groups in total. The van der Waals surface area contributed by atoms with E-state index in [1.807, 2.05) is 23.6 Å². The van der Waals surface area contributed by atoms with E-state index in [1.54, 1.807) is 6.92 Å². The summed E-state index contributed by atoms with van der Waals surface area (Å²) in [5.41, 5.74) is 2.53. The number of rotatable bonds is 3. The lowest BCUT2D eigenvalue weighted by atomic mass is 10.3. The highest BCUT2D eigenvalue weighted by Crippen LogP contribution is 2.17. The Bertz CT molecular complexity index is 733. The Kier molecular flexibility index (Phi) is 2.94. The minimum absolute atomic E-state index is 0.308. The molecular formula is C12H12ClN5O. The number of hydrogen-bond donors (Lipinski definition) is 0. The van der Waals surface area contributed by atoms with Gasteiger partial charge in [0.2, 0.25) is 5.89 Å². The summed E-state index contributed by atoms with van der Waals surface area (Å²) in [5, 5.41) is 3.78. The zero-order chi connectivity index (χ0) is 13.4. The number of hydrogen-bond acceptors (Lipinski definition) is 5. The molecule has 0 aromatic carbocycles. The predicted molar refractivity (Wildman–Crippen MR) is 70.0 cm³/mol. The van der Waals surface area contributed by atoms with Gasteiger partial charge in [0.1, 0.15) is 17.9 Å². The van der Waals surface area contributed by atoms with Crippen molar-refractivity contribution in [3.05, 3.63) is 35.4 Å². The van der Waals surface area contributed by atoms with Crippen LogP contribution in [0.5, 0.6) is 0 Å². The molecule has 0 unspecified atom stereocenters. The van der Waals surface area contributed by atoms with E-state index in [2.05, 4.69) is 20.1 Å². The highest BCUT2D eigenvalue weighted by atomic mass is 35.5. The predicted octanol–water partition coefficient (Wildman–Crippen LogP) is 2.22. The van der Waals surface area contributed by atoms with E-state index < -0.39 is 0 Å². The lowest BCUT2D eigenvalue weighted by Crippen LogP contribution is -2.05. The monoisotopic (exact) mass is 277 g/mol. The summed E-state index contributed by atoms with van der Waals surface area (Å²) in [6, 6.07) is 3.86. The van der Waals surface area contributed by atoms with Crippen molar-refractivity contribution in [1.29, 1.82) is 0 Å². The fourth-order valence-corrected chi connectivity index (χ4v) is 2.15. The topological polar surface area (TPSA) is 69.6 Å². The maximum absolute atomic E-state index is 5.94. The van der Waals surface area contributed by atoms with Crippen LogP contribution in [0.3, 0.4) is 0 Å². The maximum Gasteiger partial charge on any atom is 0.246 e. The second kappa shape index (κ2) is 4.62. The first-order valence-electron chi connectivity index (χ1n) is 5.85. The molecule has 0 amide bonds. The molecule has 6 nitrogen and oxygen atoms in total. The molecule has 3 heterocycles. The Morgan fingerprint density at radius 1 is 1.21 bits per heavy atom. The summed E-state index contributed by atoms with van der Waals surface area (Å²) in [7, 11) is 0. The Hall–Kier alpha value is -1.95. The molecule has 0 fully saturated rings. The number of nitrogens with zero attached hydrogens (tertiary/aromatic N) is 5. The number of halogens is 1. The minimum Gasteiger partial charge on any atom is -0.337 e. The van der Waals surface area contributed by atoms with Crippen molar-refractivity contribution in [3.8, 4) is 0 Å². The first-order chi connectivity index (χ1) is 9.17. The Balaban J connectivity index is 2.12. The molecule has 19 heavy (non-hydrogen) atoms. The Labute approximate surface area is 114 Å². The highest BCUT2D eigenvalue weighted by molar-refractivity contribution is 6.16. The molecular weight excluding hydrogens is 266 g/mol. The first kappa shape index (κ1) is 12.1. The molecule has 0 spiro atoms. The molecule has 3 aromatic rings. The van der Waals surface area contributed by atoms with E-state index in [0.717, 1.165) is 22.7 Å². The second-order valence-electron chi connectivity index (χ2n) is 4.28. The van der Waals surface area contributed by atoms with Gasteiger partial charge in [0.05, 0.1) is 5.88 Å². The van der Waals surface area contributed by atoms with E-state index in [-0.39, 0.29) is 0 Å². The summed E-state index contributed by atoms with van der Waals surface area (Å²) in [6.07, 6.45) is 0. The zero-order valence-corrected chi connectivity index (χ0v) is 11.3. The molecule has 0 bridgehead atoms. The fraction of sp³-hybridized carbons (Fsp3) is 0.333. The van der Waals surface area contributed by atoms with Gasteiger partial charge in [-0.1, -0.05) is 5.16 Å². The van der Waals surface area contributed by atoms with Crippen molar-refractivity contribution >= 4 is 22.8 Å². The van der Waals surface area contributed by atoms with Crippen molar-refractivity contribution in [1.82, 2.24) is 24.7 Å². The quantitative estimate of drug-likeness (QED) is 0.687. The standard InChI is InChI=1S/C12H12ClN5O/c1-7-3-4-9-12(14-7)18(10(5-13)16-9)6-11-15-8(2)17-19-11/h3-4H,5-6H2,1-2H3. The molecule has 0 aliphatic rings. The molecule has 0 aliphatic carbocycles. The highest BCUT2D eigenvalue weighted by Gasteiger charge is 2.14. The number of aryl methyl sites for hydroxylation is 2. The van der Waals surface area contributed by atoms with Crippen LogP contribution in [0.4, 0.5) is 0 Å². The maximum atomic E-state index is 5.94. The summed E-state index contributed by atoms with van der Waals surface area (Å²) < 4.78 is 7.04. The van der Waals surface area contributed by atoms with E-state index in [1.165, 1.54) is 0 Å². The number of alkyl halides is 1. The molecule has 3 rings (SSSR count). The van der Waals surface area contributed by atoms with Crippen LogP contribution < -0.4 is 0 Å². The number of aromatic nitrogens is 5. The van der Waals surface area contributed by atoms with Gasteiger partial charge in [0, 0.05) is 5.69 Å². The van der Waals surface area contributed by atoms with Gasteiger partial charge in [0.15, 0.2) is 11.5 Å². The average Bonchev–Trinajstić information content (AvgIpc) is 2.94. The van der Waals surface area contributed by atoms with Crippen molar-refractivity contribution in [2.75, 3.05) is 0 Å².